The highest BCUT2D eigenvalue weighted by Gasteiger charge is 2.30. The number of aliphatic imine (C=N–C) groups is 1. The van der Waals surface area contributed by atoms with Gasteiger partial charge in [-0.05, 0) is 80.7 Å². The van der Waals surface area contributed by atoms with Crippen molar-refractivity contribution in [2.75, 3.05) is 19.6 Å². The highest BCUT2D eigenvalue weighted by Crippen LogP contribution is 2.35. The number of benzene rings is 3. The molecule has 8 heteroatoms. The topological polar surface area (TPSA) is 75.4 Å². The molecule has 1 aromatic heterocycles. The van der Waals surface area contributed by atoms with Crippen molar-refractivity contribution < 1.29 is 4.79 Å². The minimum atomic E-state index is -0.487. The first-order valence-corrected chi connectivity index (χ1v) is 14.4. The van der Waals surface area contributed by atoms with Crippen LogP contribution in [0.3, 0.4) is 0 Å². The van der Waals surface area contributed by atoms with Crippen LogP contribution in [0.5, 0.6) is 0 Å². The van der Waals surface area contributed by atoms with E-state index in [0.29, 0.717) is 17.4 Å². The van der Waals surface area contributed by atoms with Gasteiger partial charge in [0.25, 0.3) is 0 Å². The summed E-state index contributed by atoms with van der Waals surface area (Å²) < 4.78 is 2.04. The molecule has 40 heavy (non-hydrogen) atoms. The quantitative estimate of drug-likeness (QED) is 0.309. The number of carbonyl (C=O) groups is 1. The molecule has 2 aliphatic heterocycles. The van der Waals surface area contributed by atoms with Crippen molar-refractivity contribution >= 4 is 23.2 Å². The number of carbonyl (C=O) groups excluding carboxylic acids is 1. The van der Waals surface area contributed by atoms with Gasteiger partial charge in [0.15, 0.2) is 5.82 Å². The second-order valence-corrected chi connectivity index (χ2v) is 10.9. The number of fused-ring (bicyclic) bond motifs is 3. The van der Waals surface area contributed by atoms with E-state index in [1.54, 1.807) is 0 Å². The first-order chi connectivity index (χ1) is 19.5. The average molecular weight is 553 g/mol. The minimum absolute atomic E-state index is 0.0698. The maximum absolute atomic E-state index is 12.7. The van der Waals surface area contributed by atoms with Crippen LogP contribution >= 0.6 is 11.6 Å². The fourth-order valence-corrected chi connectivity index (χ4v) is 5.82. The zero-order valence-corrected chi connectivity index (χ0v) is 23.7. The summed E-state index contributed by atoms with van der Waals surface area (Å²) >= 11 is 6.24. The number of likely N-dealkylation sites (tertiary alicyclic amines) is 1. The van der Waals surface area contributed by atoms with Crippen LogP contribution in [0.25, 0.3) is 16.8 Å². The molecule has 1 N–H and O–H groups in total. The van der Waals surface area contributed by atoms with E-state index in [9.17, 15) is 4.79 Å². The first kappa shape index (κ1) is 26.4. The third kappa shape index (κ3) is 5.31. The molecular formula is C32H33ClN6O. The molecule has 1 saturated heterocycles. The van der Waals surface area contributed by atoms with Crippen LogP contribution in [0, 0.1) is 6.92 Å². The molecule has 1 fully saturated rings. The van der Waals surface area contributed by atoms with Crippen LogP contribution in [0.1, 0.15) is 60.6 Å². The van der Waals surface area contributed by atoms with Gasteiger partial charge in [0.2, 0.25) is 5.91 Å². The Morgan fingerprint density at radius 3 is 2.38 bits per heavy atom. The summed E-state index contributed by atoms with van der Waals surface area (Å²) in [6, 6.07) is 22.5. The number of halogens is 1. The molecule has 3 heterocycles. The number of amides is 1. The van der Waals surface area contributed by atoms with Gasteiger partial charge >= 0.3 is 0 Å². The van der Waals surface area contributed by atoms with Gasteiger partial charge in [-0.3, -0.25) is 19.3 Å². The monoisotopic (exact) mass is 552 g/mol. The van der Waals surface area contributed by atoms with E-state index < -0.39 is 6.04 Å². The average Bonchev–Trinajstić information content (AvgIpc) is 3.58. The predicted octanol–water partition coefficient (Wildman–Crippen LogP) is 5.91. The number of aromatic nitrogens is 3. The highest BCUT2D eigenvalue weighted by atomic mass is 35.5. The van der Waals surface area contributed by atoms with Crippen LogP contribution < -0.4 is 5.32 Å². The lowest BCUT2D eigenvalue weighted by molar-refractivity contribution is -0.121. The Morgan fingerprint density at radius 1 is 0.950 bits per heavy atom. The minimum Gasteiger partial charge on any atom is -0.356 e. The Hall–Kier alpha value is -3.81. The van der Waals surface area contributed by atoms with Gasteiger partial charge in [-0.1, -0.05) is 54.1 Å². The molecule has 6 rings (SSSR count). The second kappa shape index (κ2) is 11.4. The smallest absolute Gasteiger partial charge is 0.222 e. The van der Waals surface area contributed by atoms with E-state index in [2.05, 4.69) is 62.9 Å². The third-order valence-electron chi connectivity index (χ3n) is 7.69. The molecule has 7 nitrogen and oxygen atoms in total. The van der Waals surface area contributed by atoms with Crippen molar-refractivity contribution in [3.8, 4) is 16.8 Å². The Bertz CT molecular complexity index is 1550. The fraction of sp³-hybridized carbons (Fsp3) is 0.312. The zero-order chi connectivity index (χ0) is 27.6. The molecule has 0 radical (unpaired) electrons. The van der Waals surface area contributed by atoms with Crippen LogP contribution in [0.15, 0.2) is 71.7 Å². The summed E-state index contributed by atoms with van der Waals surface area (Å²) in [6.07, 6.45) is 2.77. The molecule has 0 saturated carbocycles. The van der Waals surface area contributed by atoms with Crippen LogP contribution in [0.2, 0.25) is 5.02 Å². The Morgan fingerprint density at radius 2 is 1.65 bits per heavy atom. The van der Waals surface area contributed by atoms with E-state index in [-0.39, 0.29) is 12.3 Å². The van der Waals surface area contributed by atoms with Gasteiger partial charge in [-0.2, -0.15) is 0 Å². The van der Waals surface area contributed by atoms with Gasteiger partial charge in [0.05, 0.1) is 17.8 Å². The van der Waals surface area contributed by atoms with Gasteiger partial charge in [0, 0.05) is 29.2 Å². The predicted molar refractivity (Wildman–Crippen MR) is 159 cm³/mol. The van der Waals surface area contributed by atoms with Crippen molar-refractivity contribution in [3.63, 3.8) is 0 Å². The molecular weight excluding hydrogens is 520 g/mol. The Balaban J connectivity index is 1.45. The standard InChI is InChI=1S/C32H33ClN6O/c1-3-34-30(40)19-28-32-37-36-21(2)39(32)29-15-12-25(18-27(29)31(35-28)24-10-13-26(33)14-11-24)23-8-6-22(7-9-23)20-38-16-4-5-17-38/h6-15,18,28H,3-5,16-17,19-20H2,1-2H3,(H,34,40). The lowest BCUT2D eigenvalue weighted by Gasteiger charge is -2.16. The van der Waals surface area contributed by atoms with Crippen molar-refractivity contribution in [1.29, 1.82) is 0 Å². The van der Waals surface area contributed by atoms with Crippen molar-refractivity contribution in [1.82, 2.24) is 25.0 Å². The normalized spacial score (nSPS) is 16.7. The van der Waals surface area contributed by atoms with Crippen molar-refractivity contribution in [2.24, 2.45) is 4.99 Å². The maximum Gasteiger partial charge on any atom is 0.222 e. The number of nitrogens with zero attached hydrogens (tertiary/aromatic N) is 5. The molecule has 1 unspecified atom stereocenters. The molecule has 0 bridgehead atoms. The van der Waals surface area contributed by atoms with E-state index in [1.807, 2.05) is 42.7 Å². The second-order valence-electron chi connectivity index (χ2n) is 10.5. The molecule has 1 atom stereocenters. The third-order valence-corrected chi connectivity index (χ3v) is 7.94. The lowest BCUT2D eigenvalue weighted by Crippen LogP contribution is -2.25. The first-order valence-electron chi connectivity index (χ1n) is 14.0. The molecule has 1 amide bonds. The van der Waals surface area contributed by atoms with E-state index in [4.69, 9.17) is 16.6 Å². The highest BCUT2D eigenvalue weighted by molar-refractivity contribution is 6.30. The van der Waals surface area contributed by atoms with Gasteiger partial charge in [-0.15, -0.1) is 10.2 Å². The molecule has 0 spiro atoms. The van der Waals surface area contributed by atoms with Gasteiger partial charge in [-0.25, -0.2) is 0 Å². The number of aryl methyl sites for hydroxylation is 1. The Kier molecular flexibility index (Phi) is 7.50. The number of rotatable bonds is 7. The summed E-state index contributed by atoms with van der Waals surface area (Å²) in [4.78, 5) is 20.4. The number of hydrogen-bond acceptors (Lipinski definition) is 5. The summed E-state index contributed by atoms with van der Waals surface area (Å²) in [5.74, 6) is 1.34. The van der Waals surface area contributed by atoms with Gasteiger partial charge < -0.3 is 5.32 Å². The van der Waals surface area contributed by atoms with Crippen molar-refractivity contribution in [3.05, 3.63) is 100 Å². The summed E-state index contributed by atoms with van der Waals surface area (Å²) in [7, 11) is 0. The Labute approximate surface area is 239 Å². The molecule has 0 aliphatic carbocycles. The van der Waals surface area contributed by atoms with Gasteiger partial charge in [0.1, 0.15) is 11.9 Å². The lowest BCUT2D eigenvalue weighted by atomic mass is 9.95. The molecule has 2 aliphatic rings. The summed E-state index contributed by atoms with van der Waals surface area (Å²) in [5, 5.41) is 12.4. The fourth-order valence-electron chi connectivity index (χ4n) is 5.70. The van der Waals surface area contributed by atoms with Crippen molar-refractivity contribution in [2.45, 2.75) is 45.7 Å². The van der Waals surface area contributed by atoms with Crippen LogP contribution in [0.4, 0.5) is 0 Å². The zero-order valence-electron chi connectivity index (χ0n) is 22.9. The largest absolute Gasteiger partial charge is 0.356 e. The van der Waals surface area contributed by atoms with Crippen LogP contribution in [-0.2, 0) is 11.3 Å². The van der Waals surface area contributed by atoms with E-state index in [0.717, 1.165) is 46.0 Å². The SMILES string of the molecule is CCNC(=O)CC1N=C(c2ccc(Cl)cc2)c2cc(-c3ccc(CN4CCCC4)cc3)ccc2-n2c(C)nnc21. The maximum atomic E-state index is 12.7. The molecule has 4 aromatic rings. The molecule has 3 aromatic carbocycles. The molecule has 204 valence electrons. The number of nitrogens with one attached hydrogen (secondary N) is 1. The van der Waals surface area contributed by atoms with E-state index in [1.165, 1.54) is 31.5 Å². The summed E-state index contributed by atoms with van der Waals surface area (Å²) in [5.41, 5.74) is 7.22. The van der Waals surface area contributed by atoms with E-state index >= 15 is 0 Å². The van der Waals surface area contributed by atoms with Crippen LogP contribution in [-0.4, -0.2) is 50.9 Å². The number of hydrogen-bond donors (Lipinski definition) is 1. The summed E-state index contributed by atoms with van der Waals surface area (Å²) in [6.45, 7) is 7.78.